The minimum absolute atomic E-state index is 0.706. The predicted octanol–water partition coefficient (Wildman–Crippen LogP) is 3.11. The average Bonchev–Trinajstić information content (AvgIpc) is 2.63. The number of aryl methyl sites for hydroxylation is 2. The summed E-state index contributed by atoms with van der Waals surface area (Å²) in [6, 6.07) is 4.06. The molecule has 0 saturated heterocycles. The largest absolute Gasteiger partial charge is 0.397 e. The van der Waals surface area contributed by atoms with E-state index in [2.05, 4.69) is 28.3 Å². The van der Waals surface area contributed by atoms with E-state index in [0.717, 1.165) is 11.4 Å². The molecular formula is C12H15N3S. The number of hydrogen-bond donors (Lipinski definition) is 1. The molecule has 0 aliphatic carbocycles. The second-order valence-electron chi connectivity index (χ2n) is 3.88. The lowest BCUT2D eigenvalue weighted by molar-refractivity contribution is 1.11. The Labute approximate surface area is 99.5 Å². The highest BCUT2D eigenvalue weighted by Crippen LogP contribution is 2.32. The number of hydrogen-bond acceptors (Lipinski definition) is 4. The molecule has 84 valence electrons. The minimum atomic E-state index is 0.706. The summed E-state index contributed by atoms with van der Waals surface area (Å²) in [6.45, 7) is 4.13. The van der Waals surface area contributed by atoms with Crippen LogP contribution in [0, 0.1) is 13.8 Å². The Morgan fingerprint density at radius 1 is 1.31 bits per heavy atom. The van der Waals surface area contributed by atoms with Crippen molar-refractivity contribution >= 4 is 27.8 Å². The van der Waals surface area contributed by atoms with Crippen LogP contribution in [0.5, 0.6) is 0 Å². The van der Waals surface area contributed by atoms with Crippen molar-refractivity contribution < 1.29 is 0 Å². The number of anilines is 3. The molecule has 0 atom stereocenters. The van der Waals surface area contributed by atoms with Crippen LogP contribution < -0.4 is 10.6 Å². The van der Waals surface area contributed by atoms with Crippen molar-refractivity contribution in [1.82, 2.24) is 4.98 Å². The molecule has 0 aromatic carbocycles. The number of pyridine rings is 1. The molecule has 2 N–H and O–H groups in total. The van der Waals surface area contributed by atoms with Crippen LogP contribution in [-0.4, -0.2) is 12.0 Å². The van der Waals surface area contributed by atoms with Gasteiger partial charge in [0.2, 0.25) is 0 Å². The zero-order chi connectivity index (χ0) is 11.7. The van der Waals surface area contributed by atoms with Gasteiger partial charge in [-0.05, 0) is 42.5 Å². The van der Waals surface area contributed by atoms with Gasteiger partial charge in [0, 0.05) is 7.05 Å². The summed E-state index contributed by atoms with van der Waals surface area (Å²) in [4.78, 5) is 6.49. The molecule has 0 fully saturated rings. The van der Waals surface area contributed by atoms with Crippen LogP contribution >= 0.6 is 11.3 Å². The third kappa shape index (κ3) is 1.88. The van der Waals surface area contributed by atoms with E-state index in [-0.39, 0.29) is 0 Å². The van der Waals surface area contributed by atoms with Crippen molar-refractivity contribution in [3.8, 4) is 0 Å². The van der Waals surface area contributed by atoms with Gasteiger partial charge in [-0.3, -0.25) is 0 Å². The maximum absolute atomic E-state index is 5.70. The third-order valence-electron chi connectivity index (χ3n) is 2.53. The Bertz CT molecular complexity index is 505. The first-order chi connectivity index (χ1) is 7.59. The number of nitrogens with two attached hydrogens (primary N) is 1. The molecular weight excluding hydrogens is 218 g/mol. The van der Waals surface area contributed by atoms with Crippen LogP contribution in [-0.2, 0) is 0 Å². The Balaban J connectivity index is 2.41. The zero-order valence-electron chi connectivity index (χ0n) is 9.69. The van der Waals surface area contributed by atoms with Gasteiger partial charge in [-0.1, -0.05) is 0 Å². The van der Waals surface area contributed by atoms with E-state index >= 15 is 0 Å². The number of nitrogens with zero attached hydrogens (tertiary/aromatic N) is 2. The van der Waals surface area contributed by atoms with Crippen LogP contribution in [0.15, 0.2) is 23.7 Å². The van der Waals surface area contributed by atoms with Crippen LogP contribution in [0.2, 0.25) is 0 Å². The van der Waals surface area contributed by atoms with Crippen molar-refractivity contribution in [1.29, 1.82) is 0 Å². The van der Waals surface area contributed by atoms with E-state index < -0.39 is 0 Å². The van der Waals surface area contributed by atoms with Crippen LogP contribution in [0.25, 0.3) is 0 Å². The monoisotopic (exact) mass is 233 g/mol. The lowest BCUT2D eigenvalue weighted by Crippen LogP contribution is -2.12. The molecule has 16 heavy (non-hydrogen) atoms. The highest BCUT2D eigenvalue weighted by Gasteiger charge is 2.11. The third-order valence-corrected chi connectivity index (χ3v) is 3.62. The minimum Gasteiger partial charge on any atom is -0.397 e. The molecule has 2 aromatic rings. The van der Waals surface area contributed by atoms with Crippen molar-refractivity contribution in [3.63, 3.8) is 0 Å². The van der Waals surface area contributed by atoms with Gasteiger partial charge in [-0.15, -0.1) is 11.3 Å². The van der Waals surface area contributed by atoms with Gasteiger partial charge in [0.05, 0.1) is 16.9 Å². The molecule has 2 aromatic heterocycles. The predicted molar refractivity (Wildman–Crippen MR) is 70.5 cm³/mol. The Morgan fingerprint density at radius 3 is 2.62 bits per heavy atom. The summed E-state index contributed by atoms with van der Waals surface area (Å²) in [5.41, 5.74) is 8.77. The van der Waals surface area contributed by atoms with Gasteiger partial charge in [-0.25, -0.2) is 4.98 Å². The number of thiophene rings is 1. The van der Waals surface area contributed by atoms with Gasteiger partial charge in [0.25, 0.3) is 0 Å². The Hall–Kier alpha value is -1.55. The summed E-state index contributed by atoms with van der Waals surface area (Å²) in [5, 5.41) is 3.31. The lowest BCUT2D eigenvalue weighted by atomic mass is 10.2. The summed E-state index contributed by atoms with van der Waals surface area (Å²) >= 11 is 1.72. The van der Waals surface area contributed by atoms with Gasteiger partial charge in [0.15, 0.2) is 0 Å². The molecule has 0 spiro atoms. The summed E-state index contributed by atoms with van der Waals surface area (Å²) in [7, 11) is 2.03. The van der Waals surface area contributed by atoms with Gasteiger partial charge in [-0.2, -0.15) is 0 Å². The molecule has 2 heterocycles. The average molecular weight is 233 g/mol. The normalized spacial score (nSPS) is 10.4. The highest BCUT2D eigenvalue weighted by molar-refractivity contribution is 7.14. The standard InChI is InChI=1S/C12H15N3S/c1-8-4-5-16-12(8)15(3)11-9(2)6-10(13)7-14-11/h4-7H,13H2,1-3H3. The molecule has 0 saturated carbocycles. The fraction of sp³-hybridized carbons (Fsp3) is 0.250. The molecule has 0 unspecified atom stereocenters. The molecule has 4 heteroatoms. The number of aromatic nitrogens is 1. The van der Waals surface area contributed by atoms with Crippen LogP contribution in [0.3, 0.4) is 0 Å². The van der Waals surface area contributed by atoms with E-state index in [9.17, 15) is 0 Å². The molecule has 2 rings (SSSR count). The molecule has 0 amide bonds. The van der Waals surface area contributed by atoms with Gasteiger partial charge in [0.1, 0.15) is 5.82 Å². The van der Waals surface area contributed by atoms with E-state index in [4.69, 9.17) is 5.73 Å². The molecule has 0 bridgehead atoms. The Morgan fingerprint density at radius 2 is 2.06 bits per heavy atom. The number of rotatable bonds is 2. The van der Waals surface area contributed by atoms with Gasteiger partial charge >= 0.3 is 0 Å². The highest BCUT2D eigenvalue weighted by atomic mass is 32.1. The zero-order valence-corrected chi connectivity index (χ0v) is 10.5. The second kappa shape index (κ2) is 4.14. The SMILES string of the molecule is Cc1cc(N)cnc1N(C)c1sccc1C. The van der Waals surface area contributed by atoms with Crippen molar-refractivity contribution in [2.75, 3.05) is 17.7 Å². The van der Waals surface area contributed by atoms with E-state index in [1.54, 1.807) is 17.5 Å². The van der Waals surface area contributed by atoms with E-state index in [1.807, 2.05) is 20.0 Å². The molecule has 3 nitrogen and oxygen atoms in total. The first kappa shape index (κ1) is 11.0. The maximum Gasteiger partial charge on any atom is 0.136 e. The molecule has 0 aliphatic heterocycles. The van der Waals surface area contributed by atoms with Crippen molar-refractivity contribution in [2.24, 2.45) is 0 Å². The van der Waals surface area contributed by atoms with Crippen molar-refractivity contribution in [2.45, 2.75) is 13.8 Å². The van der Waals surface area contributed by atoms with Crippen molar-refractivity contribution in [3.05, 3.63) is 34.8 Å². The van der Waals surface area contributed by atoms with Crippen LogP contribution in [0.1, 0.15) is 11.1 Å². The summed E-state index contributed by atoms with van der Waals surface area (Å²) < 4.78 is 0. The smallest absolute Gasteiger partial charge is 0.136 e. The van der Waals surface area contributed by atoms with Gasteiger partial charge < -0.3 is 10.6 Å². The lowest BCUT2D eigenvalue weighted by Gasteiger charge is -2.19. The first-order valence-electron chi connectivity index (χ1n) is 5.09. The maximum atomic E-state index is 5.70. The molecule has 0 aliphatic rings. The van der Waals surface area contributed by atoms with E-state index in [1.165, 1.54) is 10.6 Å². The first-order valence-corrected chi connectivity index (χ1v) is 5.97. The Kier molecular flexibility index (Phi) is 2.83. The van der Waals surface area contributed by atoms with Crippen LogP contribution in [0.4, 0.5) is 16.5 Å². The quantitative estimate of drug-likeness (QED) is 0.866. The second-order valence-corrected chi connectivity index (χ2v) is 4.77. The summed E-state index contributed by atoms with van der Waals surface area (Å²) in [6.07, 6.45) is 1.70. The topological polar surface area (TPSA) is 42.1 Å². The fourth-order valence-electron chi connectivity index (χ4n) is 1.74. The fourth-order valence-corrected chi connectivity index (χ4v) is 2.64. The number of nitrogen functional groups attached to an aromatic ring is 1. The van der Waals surface area contributed by atoms with E-state index in [0.29, 0.717) is 5.69 Å². The molecule has 0 radical (unpaired) electrons. The summed E-state index contributed by atoms with van der Waals surface area (Å²) in [5.74, 6) is 0.958.